The van der Waals surface area contributed by atoms with Gasteiger partial charge in [0.1, 0.15) is 11.6 Å². The van der Waals surface area contributed by atoms with E-state index >= 15 is 0 Å². The highest BCUT2D eigenvalue weighted by Crippen LogP contribution is 2.24. The van der Waals surface area contributed by atoms with Crippen molar-refractivity contribution >= 4 is 28.9 Å². The number of anilines is 3. The first-order valence-corrected chi connectivity index (χ1v) is 9.77. The zero-order valence-corrected chi connectivity index (χ0v) is 17.4. The second-order valence-electron chi connectivity index (χ2n) is 6.93. The van der Waals surface area contributed by atoms with Crippen molar-refractivity contribution in [2.45, 2.75) is 6.42 Å². The molecule has 0 aliphatic carbocycles. The zero-order chi connectivity index (χ0) is 22.2. The summed E-state index contributed by atoms with van der Waals surface area (Å²) in [5.41, 5.74) is 2.47. The van der Waals surface area contributed by atoms with Crippen LogP contribution in [0.4, 0.5) is 21.5 Å². The van der Waals surface area contributed by atoms with Crippen molar-refractivity contribution in [3.8, 4) is 5.75 Å². The zero-order valence-electron chi connectivity index (χ0n) is 17.4. The van der Waals surface area contributed by atoms with Crippen LogP contribution in [0, 0.1) is 5.82 Å². The number of ether oxygens (including phenoxy) is 1. The molecule has 0 aromatic heterocycles. The molecule has 31 heavy (non-hydrogen) atoms. The Hall–Kier alpha value is -3.87. The summed E-state index contributed by atoms with van der Waals surface area (Å²) in [5.74, 6) is -0.149. The molecule has 7 heteroatoms. The molecule has 0 unspecified atom stereocenters. The Bertz CT molecular complexity index is 1040. The molecule has 2 N–H and O–H groups in total. The number of rotatable bonds is 8. The van der Waals surface area contributed by atoms with Crippen LogP contribution in [0.2, 0.25) is 0 Å². The van der Waals surface area contributed by atoms with Crippen LogP contribution in [-0.4, -0.2) is 32.5 Å². The number of carbonyl (C=O) groups is 2. The summed E-state index contributed by atoms with van der Waals surface area (Å²) in [6.45, 7) is 0.483. The second kappa shape index (κ2) is 10.2. The third-order valence-electron chi connectivity index (χ3n) is 4.73. The van der Waals surface area contributed by atoms with E-state index in [2.05, 4.69) is 10.6 Å². The molecule has 2 amide bonds. The maximum Gasteiger partial charge on any atom is 0.255 e. The van der Waals surface area contributed by atoms with E-state index in [0.717, 1.165) is 5.69 Å². The number of carbonyl (C=O) groups excluding carboxylic acids is 2. The quantitative estimate of drug-likeness (QED) is 0.560. The van der Waals surface area contributed by atoms with E-state index in [1.807, 2.05) is 24.1 Å². The summed E-state index contributed by atoms with van der Waals surface area (Å²) < 4.78 is 18.3. The number of hydrogen-bond donors (Lipinski definition) is 2. The minimum Gasteiger partial charge on any atom is -0.495 e. The van der Waals surface area contributed by atoms with Gasteiger partial charge in [-0.1, -0.05) is 12.1 Å². The summed E-state index contributed by atoms with van der Waals surface area (Å²) in [7, 11) is 3.38. The van der Waals surface area contributed by atoms with Gasteiger partial charge in [0.15, 0.2) is 0 Å². The van der Waals surface area contributed by atoms with Crippen molar-refractivity contribution in [1.29, 1.82) is 0 Å². The predicted octanol–water partition coefficient (Wildman–Crippen LogP) is 4.55. The van der Waals surface area contributed by atoms with E-state index in [1.165, 1.54) is 12.1 Å². The van der Waals surface area contributed by atoms with Gasteiger partial charge < -0.3 is 20.3 Å². The number of methoxy groups -OCH3 is 1. The van der Waals surface area contributed by atoms with Crippen LogP contribution in [0.3, 0.4) is 0 Å². The number of halogens is 1. The Balaban J connectivity index is 1.52. The van der Waals surface area contributed by atoms with Crippen LogP contribution < -0.4 is 20.3 Å². The molecule has 0 saturated heterocycles. The van der Waals surface area contributed by atoms with E-state index in [4.69, 9.17) is 4.74 Å². The normalized spacial score (nSPS) is 10.3. The predicted molar refractivity (Wildman–Crippen MR) is 120 cm³/mol. The van der Waals surface area contributed by atoms with Gasteiger partial charge in [-0.3, -0.25) is 9.59 Å². The van der Waals surface area contributed by atoms with Crippen molar-refractivity contribution in [1.82, 2.24) is 0 Å². The van der Waals surface area contributed by atoms with Crippen molar-refractivity contribution in [3.63, 3.8) is 0 Å². The summed E-state index contributed by atoms with van der Waals surface area (Å²) in [6.07, 6.45) is 0.268. The minimum atomic E-state index is -0.296. The topological polar surface area (TPSA) is 70.7 Å². The number of amides is 2. The third-order valence-corrected chi connectivity index (χ3v) is 4.73. The number of benzene rings is 3. The molecular formula is C24H24FN3O3. The van der Waals surface area contributed by atoms with E-state index in [1.54, 1.807) is 55.6 Å². The molecule has 160 valence electrons. The lowest BCUT2D eigenvalue weighted by Crippen LogP contribution is -2.23. The van der Waals surface area contributed by atoms with Gasteiger partial charge in [-0.2, -0.15) is 0 Å². The van der Waals surface area contributed by atoms with Gasteiger partial charge in [-0.15, -0.1) is 0 Å². The van der Waals surface area contributed by atoms with Gasteiger partial charge in [0.25, 0.3) is 5.91 Å². The first kappa shape index (κ1) is 21.8. The average Bonchev–Trinajstić information content (AvgIpc) is 2.78. The van der Waals surface area contributed by atoms with Crippen molar-refractivity contribution in [3.05, 3.63) is 84.2 Å². The monoisotopic (exact) mass is 421 g/mol. The standard InChI is InChI=1S/C24H24FN3O3/c1-28(20-13-9-18(25)10-14-20)16-15-23(29)26-19-11-7-17(8-12-19)24(30)27-21-5-3-4-6-22(21)31-2/h3-14H,15-16H2,1-2H3,(H,26,29)(H,27,30). The highest BCUT2D eigenvalue weighted by molar-refractivity contribution is 6.05. The van der Waals surface area contributed by atoms with Crippen LogP contribution in [0.25, 0.3) is 0 Å². The fraction of sp³-hybridized carbons (Fsp3) is 0.167. The molecule has 0 heterocycles. The molecule has 0 aliphatic rings. The van der Waals surface area contributed by atoms with E-state index in [-0.39, 0.29) is 24.1 Å². The molecule has 0 bridgehead atoms. The van der Waals surface area contributed by atoms with Crippen LogP contribution in [0.5, 0.6) is 5.75 Å². The Morgan fingerprint density at radius 1 is 0.935 bits per heavy atom. The maximum absolute atomic E-state index is 13.0. The highest BCUT2D eigenvalue weighted by Gasteiger charge is 2.10. The fourth-order valence-electron chi connectivity index (χ4n) is 2.96. The van der Waals surface area contributed by atoms with E-state index in [0.29, 0.717) is 29.2 Å². The molecule has 3 rings (SSSR count). The molecule has 0 atom stereocenters. The van der Waals surface area contributed by atoms with Crippen LogP contribution in [-0.2, 0) is 4.79 Å². The van der Waals surface area contributed by atoms with Crippen LogP contribution in [0.15, 0.2) is 72.8 Å². The van der Waals surface area contributed by atoms with E-state index < -0.39 is 0 Å². The lowest BCUT2D eigenvalue weighted by molar-refractivity contribution is -0.116. The van der Waals surface area contributed by atoms with Gasteiger partial charge in [0.2, 0.25) is 5.91 Å². The Labute approximate surface area is 180 Å². The van der Waals surface area contributed by atoms with Gasteiger partial charge in [-0.25, -0.2) is 4.39 Å². The van der Waals surface area contributed by atoms with Crippen molar-refractivity contribution in [2.75, 3.05) is 36.2 Å². The summed E-state index contributed by atoms with van der Waals surface area (Å²) in [6, 6.07) is 19.9. The smallest absolute Gasteiger partial charge is 0.255 e. The van der Waals surface area contributed by atoms with Gasteiger partial charge in [-0.05, 0) is 60.7 Å². The molecule has 3 aromatic rings. The maximum atomic E-state index is 13.0. The van der Waals surface area contributed by atoms with Crippen molar-refractivity contribution in [2.24, 2.45) is 0 Å². The largest absolute Gasteiger partial charge is 0.495 e. The van der Waals surface area contributed by atoms with Gasteiger partial charge in [0.05, 0.1) is 12.8 Å². The van der Waals surface area contributed by atoms with Gasteiger partial charge >= 0.3 is 0 Å². The van der Waals surface area contributed by atoms with Gasteiger partial charge in [0, 0.05) is 37.0 Å². The molecule has 0 spiro atoms. The summed E-state index contributed by atoms with van der Waals surface area (Å²) >= 11 is 0. The highest BCUT2D eigenvalue weighted by atomic mass is 19.1. The first-order valence-electron chi connectivity index (χ1n) is 9.77. The van der Waals surface area contributed by atoms with Crippen LogP contribution >= 0.6 is 0 Å². The Morgan fingerprint density at radius 2 is 1.61 bits per heavy atom. The number of nitrogens with one attached hydrogen (secondary N) is 2. The lowest BCUT2D eigenvalue weighted by Gasteiger charge is -2.19. The Kier molecular flexibility index (Phi) is 7.22. The molecule has 0 radical (unpaired) electrons. The number of nitrogens with zero attached hydrogens (tertiary/aromatic N) is 1. The molecule has 0 saturated carbocycles. The molecule has 6 nitrogen and oxygen atoms in total. The minimum absolute atomic E-state index is 0.153. The summed E-state index contributed by atoms with van der Waals surface area (Å²) in [4.78, 5) is 26.6. The first-order chi connectivity index (χ1) is 15.0. The average molecular weight is 421 g/mol. The third kappa shape index (κ3) is 6.05. The fourth-order valence-corrected chi connectivity index (χ4v) is 2.96. The second-order valence-corrected chi connectivity index (χ2v) is 6.93. The summed E-state index contributed by atoms with van der Waals surface area (Å²) in [5, 5.41) is 5.62. The van der Waals surface area contributed by atoms with Crippen molar-refractivity contribution < 1.29 is 18.7 Å². The number of hydrogen-bond acceptors (Lipinski definition) is 4. The molecule has 3 aromatic carbocycles. The molecule has 0 fully saturated rings. The molecule has 0 aliphatic heterocycles. The molecular weight excluding hydrogens is 397 g/mol. The number of para-hydroxylation sites is 2. The van der Waals surface area contributed by atoms with Crippen LogP contribution in [0.1, 0.15) is 16.8 Å². The SMILES string of the molecule is COc1ccccc1NC(=O)c1ccc(NC(=O)CCN(C)c2ccc(F)cc2)cc1. The van der Waals surface area contributed by atoms with E-state index in [9.17, 15) is 14.0 Å². The Morgan fingerprint density at radius 3 is 2.29 bits per heavy atom. The lowest BCUT2D eigenvalue weighted by atomic mass is 10.2.